The highest BCUT2D eigenvalue weighted by Gasteiger charge is 2.29. The van der Waals surface area contributed by atoms with Crippen molar-refractivity contribution in [2.45, 2.75) is 31.7 Å². The Hall–Kier alpha value is -2.57. The number of anilines is 1. The van der Waals surface area contributed by atoms with Gasteiger partial charge in [0.1, 0.15) is 5.75 Å². The number of hydrogen-bond acceptors (Lipinski definition) is 4. The van der Waals surface area contributed by atoms with E-state index in [1.165, 1.54) is 0 Å². The maximum Gasteiger partial charge on any atom is 0.256 e. The highest BCUT2D eigenvalue weighted by Crippen LogP contribution is 2.27. The summed E-state index contributed by atoms with van der Waals surface area (Å²) < 4.78 is 5.11. The van der Waals surface area contributed by atoms with Gasteiger partial charge in [-0.25, -0.2) is 0 Å². The van der Waals surface area contributed by atoms with Crippen molar-refractivity contribution in [3.8, 4) is 5.75 Å². The van der Waals surface area contributed by atoms with Crippen molar-refractivity contribution in [2.75, 3.05) is 25.6 Å². The number of nitrogens with zero attached hydrogens (tertiary/aromatic N) is 1. The third-order valence-corrected chi connectivity index (χ3v) is 5.40. The first kappa shape index (κ1) is 21.1. The Labute approximate surface area is 175 Å². The van der Waals surface area contributed by atoms with Crippen molar-refractivity contribution in [1.82, 2.24) is 4.90 Å². The molecule has 6 nitrogen and oxygen atoms in total. The van der Waals surface area contributed by atoms with Crippen LogP contribution in [0.3, 0.4) is 0 Å². The monoisotopic (exact) mass is 416 g/mol. The quantitative estimate of drug-likeness (QED) is 0.746. The normalized spacial score (nSPS) is 16.4. The summed E-state index contributed by atoms with van der Waals surface area (Å²) in [4.78, 5) is 27.7. The average molecular weight is 417 g/mol. The molecule has 2 N–H and O–H groups in total. The predicted molar refractivity (Wildman–Crippen MR) is 113 cm³/mol. The number of carbonyl (C=O) groups excluding carboxylic acids is 2. The van der Waals surface area contributed by atoms with E-state index >= 15 is 0 Å². The third-order valence-electron chi connectivity index (χ3n) is 5.16. The molecule has 0 aromatic heterocycles. The summed E-state index contributed by atoms with van der Waals surface area (Å²) >= 11 is 6.15. The van der Waals surface area contributed by atoms with E-state index in [2.05, 4.69) is 5.32 Å². The zero-order valence-electron chi connectivity index (χ0n) is 16.4. The number of amides is 2. The number of ether oxygens (including phenoxy) is 1. The SMILES string of the molecule is COc1ccc(C(=O)Nc2ccc(Cl)cc2C(=O)N2CCCCC2CCO)cc1. The lowest BCUT2D eigenvalue weighted by molar-refractivity contribution is 0.0575. The summed E-state index contributed by atoms with van der Waals surface area (Å²) in [5, 5.41) is 12.6. The van der Waals surface area contributed by atoms with E-state index in [0.717, 1.165) is 19.3 Å². The fraction of sp³-hybridized carbons (Fsp3) is 0.364. The molecule has 1 unspecified atom stereocenters. The molecule has 2 aromatic carbocycles. The van der Waals surface area contributed by atoms with Crippen LogP contribution in [-0.4, -0.2) is 48.1 Å². The Balaban J connectivity index is 1.84. The lowest BCUT2D eigenvalue weighted by Gasteiger charge is -2.36. The molecule has 1 heterocycles. The fourth-order valence-electron chi connectivity index (χ4n) is 3.61. The molecule has 1 atom stereocenters. The van der Waals surface area contributed by atoms with Gasteiger partial charge in [0, 0.05) is 29.8 Å². The summed E-state index contributed by atoms with van der Waals surface area (Å²) in [6, 6.07) is 11.6. The van der Waals surface area contributed by atoms with Crippen LogP contribution < -0.4 is 10.1 Å². The van der Waals surface area contributed by atoms with Gasteiger partial charge in [-0.3, -0.25) is 9.59 Å². The lowest BCUT2D eigenvalue weighted by Crippen LogP contribution is -2.44. The number of aliphatic hydroxyl groups is 1. The molecule has 2 aromatic rings. The number of carbonyl (C=O) groups is 2. The maximum atomic E-state index is 13.3. The van der Waals surface area contributed by atoms with Gasteiger partial charge < -0.3 is 20.1 Å². The number of rotatable bonds is 6. The number of methoxy groups -OCH3 is 1. The molecule has 1 aliphatic heterocycles. The van der Waals surface area contributed by atoms with E-state index in [4.69, 9.17) is 16.3 Å². The Bertz CT molecular complexity index is 868. The standard InChI is InChI=1S/C22H25ClN2O4/c1-29-18-8-5-15(6-9-18)21(27)24-20-10-7-16(23)14-19(20)22(28)25-12-3-2-4-17(25)11-13-26/h5-10,14,17,26H,2-4,11-13H2,1H3,(H,24,27). The maximum absolute atomic E-state index is 13.3. The smallest absolute Gasteiger partial charge is 0.256 e. The van der Waals surface area contributed by atoms with E-state index in [-0.39, 0.29) is 24.5 Å². The first-order valence-electron chi connectivity index (χ1n) is 9.70. The molecule has 154 valence electrons. The Morgan fingerprint density at radius 1 is 1.21 bits per heavy atom. The van der Waals surface area contributed by atoms with Crippen LogP contribution in [0.4, 0.5) is 5.69 Å². The number of aliphatic hydroxyl groups excluding tert-OH is 1. The molecule has 0 spiro atoms. The second-order valence-electron chi connectivity index (χ2n) is 7.03. The van der Waals surface area contributed by atoms with Gasteiger partial charge in [0.15, 0.2) is 0 Å². The van der Waals surface area contributed by atoms with Gasteiger partial charge in [0.25, 0.3) is 11.8 Å². The molecule has 1 aliphatic rings. The van der Waals surface area contributed by atoms with Gasteiger partial charge in [0.2, 0.25) is 0 Å². The van der Waals surface area contributed by atoms with Crippen molar-refractivity contribution < 1.29 is 19.4 Å². The van der Waals surface area contributed by atoms with E-state index in [1.54, 1.807) is 54.5 Å². The molecule has 0 saturated carbocycles. The van der Waals surface area contributed by atoms with Crippen LogP contribution in [0, 0.1) is 0 Å². The molecule has 0 radical (unpaired) electrons. The molecule has 0 bridgehead atoms. The molecule has 0 aliphatic carbocycles. The molecule has 1 fully saturated rings. The van der Waals surface area contributed by atoms with Crippen LogP contribution in [0.15, 0.2) is 42.5 Å². The van der Waals surface area contributed by atoms with Crippen LogP contribution >= 0.6 is 11.6 Å². The van der Waals surface area contributed by atoms with Crippen LogP contribution in [0.5, 0.6) is 5.75 Å². The Morgan fingerprint density at radius 2 is 1.97 bits per heavy atom. The average Bonchev–Trinajstić information content (AvgIpc) is 2.75. The van der Waals surface area contributed by atoms with Crippen LogP contribution in [0.1, 0.15) is 46.4 Å². The van der Waals surface area contributed by atoms with Crippen LogP contribution in [0.25, 0.3) is 0 Å². The summed E-state index contributed by atoms with van der Waals surface area (Å²) in [6.07, 6.45) is 3.35. The summed E-state index contributed by atoms with van der Waals surface area (Å²) in [6.45, 7) is 0.660. The molecular formula is C22H25ClN2O4. The number of hydrogen-bond donors (Lipinski definition) is 2. The molecule has 2 amide bonds. The summed E-state index contributed by atoms with van der Waals surface area (Å²) in [5.74, 6) is 0.147. The van der Waals surface area contributed by atoms with Gasteiger partial charge in [0.05, 0.1) is 18.4 Å². The van der Waals surface area contributed by atoms with Crippen molar-refractivity contribution in [2.24, 2.45) is 0 Å². The number of halogens is 1. The number of piperidine rings is 1. The zero-order chi connectivity index (χ0) is 20.8. The summed E-state index contributed by atoms with van der Waals surface area (Å²) in [7, 11) is 1.56. The highest BCUT2D eigenvalue weighted by molar-refractivity contribution is 6.31. The van der Waals surface area contributed by atoms with Crippen molar-refractivity contribution >= 4 is 29.1 Å². The van der Waals surface area contributed by atoms with E-state index in [1.807, 2.05) is 0 Å². The van der Waals surface area contributed by atoms with Gasteiger partial charge in [-0.05, 0) is 68.1 Å². The number of benzene rings is 2. The first-order valence-corrected chi connectivity index (χ1v) is 10.1. The van der Waals surface area contributed by atoms with E-state index < -0.39 is 0 Å². The number of nitrogens with one attached hydrogen (secondary N) is 1. The van der Waals surface area contributed by atoms with E-state index in [0.29, 0.717) is 40.6 Å². The topological polar surface area (TPSA) is 78.9 Å². The summed E-state index contributed by atoms with van der Waals surface area (Å²) in [5.41, 5.74) is 1.22. The highest BCUT2D eigenvalue weighted by atomic mass is 35.5. The second-order valence-corrected chi connectivity index (χ2v) is 7.47. The minimum Gasteiger partial charge on any atom is -0.497 e. The Morgan fingerprint density at radius 3 is 2.66 bits per heavy atom. The minimum atomic E-state index is -0.324. The third kappa shape index (κ3) is 5.08. The molecule has 1 saturated heterocycles. The number of likely N-dealkylation sites (tertiary alicyclic amines) is 1. The van der Waals surface area contributed by atoms with Gasteiger partial charge >= 0.3 is 0 Å². The van der Waals surface area contributed by atoms with Gasteiger partial charge in [-0.2, -0.15) is 0 Å². The molecular weight excluding hydrogens is 392 g/mol. The minimum absolute atomic E-state index is 0.00892. The van der Waals surface area contributed by atoms with Crippen molar-refractivity contribution in [3.05, 3.63) is 58.6 Å². The lowest BCUT2D eigenvalue weighted by atomic mass is 9.98. The first-order chi connectivity index (χ1) is 14.0. The Kier molecular flexibility index (Phi) is 7.12. The molecule has 3 rings (SSSR count). The predicted octanol–water partition coefficient (Wildman–Crippen LogP) is 3.98. The molecule has 7 heteroatoms. The van der Waals surface area contributed by atoms with Gasteiger partial charge in [-0.1, -0.05) is 11.6 Å². The molecule has 29 heavy (non-hydrogen) atoms. The van der Waals surface area contributed by atoms with Crippen LogP contribution in [-0.2, 0) is 0 Å². The zero-order valence-corrected chi connectivity index (χ0v) is 17.1. The van der Waals surface area contributed by atoms with Crippen molar-refractivity contribution in [1.29, 1.82) is 0 Å². The second kappa shape index (κ2) is 9.76. The van der Waals surface area contributed by atoms with E-state index in [9.17, 15) is 14.7 Å². The van der Waals surface area contributed by atoms with Crippen molar-refractivity contribution in [3.63, 3.8) is 0 Å². The van der Waals surface area contributed by atoms with Gasteiger partial charge in [-0.15, -0.1) is 0 Å². The fourth-order valence-corrected chi connectivity index (χ4v) is 3.78. The van der Waals surface area contributed by atoms with Crippen LogP contribution in [0.2, 0.25) is 5.02 Å². The largest absolute Gasteiger partial charge is 0.497 e.